The maximum Gasteiger partial charge on any atom is 0.417 e. The van der Waals surface area contributed by atoms with Crippen LogP contribution in [0.25, 0.3) is 0 Å². The Morgan fingerprint density at radius 3 is 2.52 bits per heavy atom. The van der Waals surface area contributed by atoms with E-state index in [-0.39, 0.29) is 6.07 Å². The third-order valence-corrected chi connectivity index (χ3v) is 5.42. The molecule has 1 aliphatic heterocycles. The maximum atomic E-state index is 13.0. The van der Waals surface area contributed by atoms with Gasteiger partial charge in [0.25, 0.3) is 0 Å². The number of hydrogen-bond acceptors (Lipinski definition) is 3. The summed E-state index contributed by atoms with van der Waals surface area (Å²) in [5, 5.41) is 2.94. The summed E-state index contributed by atoms with van der Waals surface area (Å²) in [6, 6.07) is 1.16. The number of nitrogens with zero attached hydrogens (tertiary/aromatic N) is 1. The average molecular weight is 326 g/mol. The van der Waals surface area contributed by atoms with E-state index in [1.165, 1.54) is 7.05 Å². The van der Waals surface area contributed by atoms with Crippen LogP contribution < -0.4 is 5.32 Å². The highest BCUT2D eigenvalue weighted by Crippen LogP contribution is 2.36. The van der Waals surface area contributed by atoms with Crippen molar-refractivity contribution in [2.75, 3.05) is 20.1 Å². The molecule has 1 N–H and O–H groups in total. The topological polar surface area (TPSA) is 49.4 Å². The second-order valence-corrected chi connectivity index (χ2v) is 6.77. The molecule has 0 aliphatic carbocycles. The van der Waals surface area contributed by atoms with Crippen molar-refractivity contribution in [2.45, 2.75) is 23.5 Å². The Hall–Kier alpha value is -1.19. The lowest BCUT2D eigenvalue weighted by molar-refractivity contribution is -0.140. The first kappa shape index (κ1) is 16.2. The van der Waals surface area contributed by atoms with Gasteiger partial charge in [-0.1, -0.05) is 0 Å². The second kappa shape index (κ2) is 5.54. The molecule has 1 aromatic rings. The molecule has 0 bridgehead atoms. The van der Waals surface area contributed by atoms with Gasteiger partial charge in [0.1, 0.15) is 5.82 Å². The quantitative estimate of drug-likeness (QED) is 0.862. The monoisotopic (exact) mass is 326 g/mol. The van der Waals surface area contributed by atoms with Crippen LogP contribution in [0, 0.1) is 5.82 Å². The fraction of sp³-hybridized carbons (Fsp3) is 0.500. The fourth-order valence-corrected chi connectivity index (χ4v) is 3.83. The Balaban J connectivity index is 2.49. The van der Waals surface area contributed by atoms with Crippen LogP contribution in [0.5, 0.6) is 0 Å². The Labute approximate surface area is 119 Å². The number of hydrogen-bond donors (Lipinski definition) is 1. The Morgan fingerprint density at radius 2 is 2.00 bits per heavy atom. The van der Waals surface area contributed by atoms with Crippen molar-refractivity contribution in [3.8, 4) is 0 Å². The van der Waals surface area contributed by atoms with E-state index in [2.05, 4.69) is 5.32 Å². The molecule has 1 heterocycles. The van der Waals surface area contributed by atoms with Gasteiger partial charge in [0.2, 0.25) is 10.0 Å². The van der Waals surface area contributed by atoms with Gasteiger partial charge >= 0.3 is 6.18 Å². The van der Waals surface area contributed by atoms with Crippen molar-refractivity contribution in [3.05, 3.63) is 29.6 Å². The summed E-state index contributed by atoms with van der Waals surface area (Å²) >= 11 is 0. The summed E-state index contributed by atoms with van der Waals surface area (Å²) < 4.78 is 77.5. The zero-order chi connectivity index (χ0) is 15.8. The van der Waals surface area contributed by atoms with E-state index in [1.54, 1.807) is 0 Å². The van der Waals surface area contributed by atoms with Crippen molar-refractivity contribution in [1.29, 1.82) is 0 Å². The van der Waals surface area contributed by atoms with E-state index in [0.717, 1.165) is 4.31 Å². The van der Waals surface area contributed by atoms with E-state index >= 15 is 0 Å². The van der Waals surface area contributed by atoms with Crippen molar-refractivity contribution < 1.29 is 26.0 Å². The molecule has 1 aliphatic rings. The number of likely N-dealkylation sites (N-methyl/N-ethyl adjacent to an activating group) is 1. The molecule has 9 heteroatoms. The van der Waals surface area contributed by atoms with Gasteiger partial charge in [-0.3, -0.25) is 0 Å². The molecule has 0 aromatic heterocycles. The zero-order valence-corrected chi connectivity index (χ0v) is 11.9. The standard InChI is InChI=1S/C12H14F4N2O2S/c1-18(9-4-5-17-7-9)21(19,20)11-3-2-8(13)6-10(11)12(14,15)16/h2-3,6,9,17H,4-5,7H2,1H3. The smallest absolute Gasteiger partial charge is 0.315 e. The van der Waals surface area contributed by atoms with Crippen LogP contribution in [0.4, 0.5) is 17.6 Å². The fourth-order valence-electron chi connectivity index (χ4n) is 2.25. The number of sulfonamides is 1. The molecular weight excluding hydrogens is 312 g/mol. The minimum Gasteiger partial charge on any atom is -0.315 e. The first-order valence-electron chi connectivity index (χ1n) is 6.19. The normalized spacial score (nSPS) is 20.2. The van der Waals surface area contributed by atoms with Gasteiger partial charge in [-0.05, 0) is 31.2 Å². The molecule has 118 valence electrons. The largest absolute Gasteiger partial charge is 0.417 e. The summed E-state index contributed by atoms with van der Waals surface area (Å²) in [5.74, 6) is -1.13. The molecule has 0 saturated carbocycles. The van der Waals surface area contributed by atoms with Crippen molar-refractivity contribution in [2.24, 2.45) is 0 Å². The first-order chi connectivity index (χ1) is 9.64. The van der Waals surface area contributed by atoms with Gasteiger partial charge in [0, 0.05) is 19.6 Å². The molecule has 4 nitrogen and oxygen atoms in total. The number of benzene rings is 1. The van der Waals surface area contributed by atoms with Crippen LogP contribution in [0.3, 0.4) is 0 Å². The van der Waals surface area contributed by atoms with E-state index < -0.39 is 38.5 Å². The summed E-state index contributed by atoms with van der Waals surface area (Å²) in [5.41, 5.74) is -1.49. The van der Waals surface area contributed by atoms with Crippen molar-refractivity contribution in [1.82, 2.24) is 9.62 Å². The lowest BCUT2D eigenvalue weighted by atomic mass is 10.2. The lowest BCUT2D eigenvalue weighted by Crippen LogP contribution is -2.39. The van der Waals surface area contributed by atoms with Crippen molar-refractivity contribution >= 4 is 10.0 Å². The molecule has 1 unspecified atom stereocenters. The summed E-state index contributed by atoms with van der Waals surface area (Å²) in [6.07, 6.45) is -4.43. The van der Waals surface area contributed by atoms with Crippen LogP contribution >= 0.6 is 0 Å². The molecule has 1 fully saturated rings. The average Bonchev–Trinajstić information content (AvgIpc) is 2.90. The predicted octanol–water partition coefficient (Wildman–Crippen LogP) is 1.83. The molecule has 1 atom stereocenters. The van der Waals surface area contributed by atoms with E-state index in [0.29, 0.717) is 31.6 Å². The van der Waals surface area contributed by atoms with Gasteiger partial charge in [-0.2, -0.15) is 17.5 Å². The third kappa shape index (κ3) is 3.19. The first-order valence-corrected chi connectivity index (χ1v) is 7.63. The lowest BCUT2D eigenvalue weighted by Gasteiger charge is -2.24. The van der Waals surface area contributed by atoms with Crippen LogP contribution in [-0.4, -0.2) is 38.9 Å². The Morgan fingerprint density at radius 1 is 1.33 bits per heavy atom. The molecule has 21 heavy (non-hydrogen) atoms. The minimum absolute atomic E-state index is 0.202. The maximum absolute atomic E-state index is 13.0. The highest BCUT2D eigenvalue weighted by Gasteiger charge is 2.40. The Bertz CT molecular complexity index is 625. The van der Waals surface area contributed by atoms with Gasteiger partial charge in [0.15, 0.2) is 0 Å². The van der Waals surface area contributed by atoms with Crippen LogP contribution in [0.15, 0.2) is 23.1 Å². The minimum atomic E-state index is -4.95. The molecule has 2 rings (SSSR count). The Kier molecular flexibility index (Phi) is 4.27. The number of rotatable bonds is 3. The van der Waals surface area contributed by atoms with Gasteiger partial charge in [-0.15, -0.1) is 0 Å². The molecule has 0 spiro atoms. The van der Waals surface area contributed by atoms with Crippen LogP contribution in [0.2, 0.25) is 0 Å². The van der Waals surface area contributed by atoms with Crippen LogP contribution in [0.1, 0.15) is 12.0 Å². The summed E-state index contributed by atoms with van der Waals surface area (Å²) in [6.45, 7) is 0.971. The SMILES string of the molecule is CN(C1CCNC1)S(=O)(=O)c1ccc(F)cc1C(F)(F)F. The number of alkyl halides is 3. The second-order valence-electron chi connectivity index (χ2n) is 4.81. The van der Waals surface area contributed by atoms with Crippen molar-refractivity contribution in [3.63, 3.8) is 0 Å². The molecule has 0 amide bonds. The molecule has 1 saturated heterocycles. The van der Waals surface area contributed by atoms with E-state index in [1.807, 2.05) is 0 Å². The highest BCUT2D eigenvalue weighted by molar-refractivity contribution is 7.89. The van der Waals surface area contributed by atoms with Gasteiger partial charge in [-0.25, -0.2) is 12.8 Å². The van der Waals surface area contributed by atoms with Gasteiger partial charge in [0.05, 0.1) is 10.5 Å². The van der Waals surface area contributed by atoms with Crippen LogP contribution in [-0.2, 0) is 16.2 Å². The van der Waals surface area contributed by atoms with Gasteiger partial charge < -0.3 is 5.32 Å². The summed E-state index contributed by atoms with van der Waals surface area (Å²) in [4.78, 5) is -0.925. The van der Waals surface area contributed by atoms with E-state index in [9.17, 15) is 26.0 Å². The number of halogens is 4. The number of nitrogens with one attached hydrogen (secondary N) is 1. The zero-order valence-electron chi connectivity index (χ0n) is 11.1. The summed E-state index contributed by atoms with van der Waals surface area (Å²) in [7, 11) is -3.11. The molecular formula is C12H14F4N2O2S. The van der Waals surface area contributed by atoms with E-state index in [4.69, 9.17) is 0 Å². The predicted molar refractivity (Wildman–Crippen MR) is 67.6 cm³/mol. The highest BCUT2D eigenvalue weighted by atomic mass is 32.2. The molecule has 0 radical (unpaired) electrons. The molecule has 1 aromatic carbocycles. The third-order valence-electron chi connectivity index (χ3n) is 3.45.